The zero-order valence-electron chi connectivity index (χ0n) is 23.7. The van der Waals surface area contributed by atoms with Gasteiger partial charge in [-0.25, -0.2) is 0 Å². The Balaban J connectivity index is 2.12. The third-order valence-corrected chi connectivity index (χ3v) is 15.7. The molecule has 0 saturated carbocycles. The van der Waals surface area contributed by atoms with E-state index in [0.717, 1.165) is 21.9 Å². The van der Waals surface area contributed by atoms with Gasteiger partial charge in [0.15, 0.2) is 0 Å². The summed E-state index contributed by atoms with van der Waals surface area (Å²) >= 11 is -5.09. The maximum atomic E-state index is 16.8. The molecule has 0 saturated heterocycles. The van der Waals surface area contributed by atoms with Crippen molar-refractivity contribution in [3.8, 4) is 0 Å². The zero-order valence-corrected chi connectivity index (χ0v) is 25.3. The quantitative estimate of drug-likeness (QED) is 0.228. The van der Waals surface area contributed by atoms with Crippen molar-refractivity contribution in [1.82, 2.24) is 0 Å². The van der Waals surface area contributed by atoms with Crippen LogP contribution in [-0.4, -0.2) is 25.9 Å². The number of carbonyl (C=O) groups excluding carboxylic acids is 2. The Bertz CT molecular complexity index is 1380. The van der Waals surface area contributed by atoms with Crippen molar-refractivity contribution in [3.05, 3.63) is 91.7 Å². The SMILES string of the molecule is CCCC(=O)N(C)c1ccc(F)[c]([Ti]([C]2=CC=CC2)([C]2=CC=CC2)[c]2c(F)ccc(N(C)C(=O)CCC)c2F)c1F. The van der Waals surface area contributed by atoms with E-state index in [0.29, 0.717) is 20.6 Å². The molecule has 2 amide bonds. The number of hydrogen-bond acceptors (Lipinski definition) is 2. The summed E-state index contributed by atoms with van der Waals surface area (Å²) < 4.78 is 66.3. The van der Waals surface area contributed by atoms with Crippen molar-refractivity contribution < 1.29 is 43.7 Å². The molecule has 2 aromatic carbocycles. The van der Waals surface area contributed by atoms with Crippen LogP contribution in [0, 0.1) is 23.3 Å². The fourth-order valence-corrected chi connectivity index (χ4v) is 14.0. The van der Waals surface area contributed by atoms with E-state index in [1.165, 1.54) is 26.2 Å². The van der Waals surface area contributed by atoms with Crippen molar-refractivity contribution in [3.63, 3.8) is 0 Å². The predicted molar refractivity (Wildman–Crippen MR) is 152 cm³/mol. The fourth-order valence-electron chi connectivity index (χ4n) is 5.74. The molecule has 0 atom stereocenters. The van der Waals surface area contributed by atoms with Crippen LogP contribution in [-0.2, 0) is 26.2 Å². The first-order valence-electron chi connectivity index (χ1n) is 13.8. The van der Waals surface area contributed by atoms with Crippen LogP contribution in [0.25, 0.3) is 0 Å². The second-order valence-electron chi connectivity index (χ2n) is 10.3. The van der Waals surface area contributed by atoms with Crippen LogP contribution in [0.3, 0.4) is 0 Å². The van der Waals surface area contributed by atoms with Gasteiger partial charge in [0, 0.05) is 0 Å². The van der Waals surface area contributed by atoms with Gasteiger partial charge < -0.3 is 0 Å². The standard InChI is InChI=1S/2C11H12F2NO.2C5H5.Ti/c2*1-3-4-11(15)14(2)10-6-5-8(12)7-9(10)13;2*1-2-4-5-3-1;/h2*5-6H,3-4H2,1-2H3;2*1-3H,4H2;. The van der Waals surface area contributed by atoms with Gasteiger partial charge in [-0.2, -0.15) is 0 Å². The minimum absolute atomic E-state index is 0.153. The van der Waals surface area contributed by atoms with E-state index in [1.807, 2.05) is 13.8 Å². The molecule has 41 heavy (non-hydrogen) atoms. The van der Waals surface area contributed by atoms with Crippen molar-refractivity contribution >= 4 is 30.9 Å². The Labute approximate surface area is 242 Å². The third kappa shape index (κ3) is 5.40. The average molecular weight is 602 g/mol. The van der Waals surface area contributed by atoms with E-state index in [2.05, 4.69) is 0 Å². The number of hydrogen-bond donors (Lipinski definition) is 0. The molecule has 0 unspecified atom stereocenters. The van der Waals surface area contributed by atoms with Gasteiger partial charge in [0.05, 0.1) is 0 Å². The van der Waals surface area contributed by atoms with E-state index in [9.17, 15) is 9.59 Å². The molecule has 0 aliphatic heterocycles. The van der Waals surface area contributed by atoms with Gasteiger partial charge in [-0.15, -0.1) is 0 Å². The molecule has 0 N–H and O–H groups in total. The Morgan fingerprint density at radius 3 is 1.41 bits per heavy atom. The van der Waals surface area contributed by atoms with Gasteiger partial charge >= 0.3 is 243 Å². The molecule has 4 nitrogen and oxygen atoms in total. The number of halogens is 4. The number of rotatable bonds is 10. The Morgan fingerprint density at radius 1 is 0.707 bits per heavy atom. The maximum absolute atomic E-state index is 16.8. The Kier molecular flexibility index (Phi) is 9.55. The molecule has 0 fully saturated rings. The van der Waals surface area contributed by atoms with Gasteiger partial charge in [0.1, 0.15) is 0 Å². The molecule has 216 valence electrons. The van der Waals surface area contributed by atoms with Crippen molar-refractivity contribution in [1.29, 1.82) is 0 Å². The summed E-state index contributed by atoms with van der Waals surface area (Å²) in [6, 6.07) is 4.53. The Morgan fingerprint density at radius 2 is 1.10 bits per heavy atom. The molecule has 2 aliphatic rings. The number of anilines is 2. The van der Waals surface area contributed by atoms with Gasteiger partial charge in [0.25, 0.3) is 0 Å². The summed E-state index contributed by atoms with van der Waals surface area (Å²) in [5.41, 5.74) is -0.305. The molecule has 9 heteroatoms. The van der Waals surface area contributed by atoms with Crippen molar-refractivity contribution in [2.45, 2.75) is 52.4 Å². The van der Waals surface area contributed by atoms with Gasteiger partial charge in [-0.3, -0.25) is 0 Å². The number of benzene rings is 2. The van der Waals surface area contributed by atoms with Crippen LogP contribution in [0.5, 0.6) is 0 Å². The monoisotopic (exact) mass is 602 g/mol. The van der Waals surface area contributed by atoms with Crippen LogP contribution < -0.4 is 17.5 Å². The number of nitrogens with zero attached hydrogens (tertiary/aromatic N) is 2. The molecule has 4 rings (SSSR count). The first-order valence-corrected chi connectivity index (χ1v) is 17.0. The molecule has 0 heterocycles. The van der Waals surface area contributed by atoms with Crippen molar-refractivity contribution in [2.24, 2.45) is 0 Å². The molecule has 0 bridgehead atoms. The van der Waals surface area contributed by atoms with E-state index in [1.54, 1.807) is 36.5 Å². The van der Waals surface area contributed by atoms with Gasteiger partial charge in [-0.05, 0) is 0 Å². The fraction of sp³-hybridized carbons (Fsp3) is 0.312. The number of allylic oxidation sites excluding steroid dienone is 8. The topological polar surface area (TPSA) is 40.6 Å². The first kappa shape index (κ1) is 30.7. The second kappa shape index (κ2) is 12.7. The van der Waals surface area contributed by atoms with Crippen LogP contribution >= 0.6 is 0 Å². The second-order valence-corrected chi connectivity index (χ2v) is 16.2. The van der Waals surface area contributed by atoms with E-state index >= 15 is 17.6 Å². The predicted octanol–water partition coefficient (Wildman–Crippen LogP) is 6.56. The summed E-state index contributed by atoms with van der Waals surface area (Å²) in [5.74, 6) is -4.58. The average Bonchev–Trinajstić information content (AvgIpc) is 3.67. The van der Waals surface area contributed by atoms with Crippen LogP contribution in [0.15, 0.2) is 68.5 Å². The molecule has 0 spiro atoms. The summed E-state index contributed by atoms with van der Waals surface area (Å²) in [4.78, 5) is 27.8. The van der Waals surface area contributed by atoms with Crippen LogP contribution in [0.1, 0.15) is 52.4 Å². The Hall–Kier alpha value is -3.23. The summed E-state index contributed by atoms with van der Waals surface area (Å²) in [7, 11) is 2.82. The first-order chi connectivity index (χ1) is 19.6. The summed E-state index contributed by atoms with van der Waals surface area (Å²) in [6.45, 7) is 3.64. The molecule has 2 aromatic rings. The number of amides is 2. The van der Waals surface area contributed by atoms with E-state index < -0.39 is 39.9 Å². The van der Waals surface area contributed by atoms with Gasteiger partial charge in [0.2, 0.25) is 0 Å². The van der Waals surface area contributed by atoms with Gasteiger partial charge in [-0.1, -0.05) is 0 Å². The van der Waals surface area contributed by atoms with Crippen molar-refractivity contribution in [2.75, 3.05) is 23.9 Å². The zero-order chi connectivity index (χ0) is 29.9. The summed E-state index contributed by atoms with van der Waals surface area (Å²) in [5, 5.41) is 0. The number of carbonyl (C=O) groups is 2. The normalized spacial score (nSPS) is 14.3. The van der Waals surface area contributed by atoms with Crippen LogP contribution in [0.2, 0.25) is 0 Å². The molecular weight excluding hydrogens is 568 g/mol. The summed E-state index contributed by atoms with van der Waals surface area (Å²) in [6.07, 6.45) is 12.4. The third-order valence-electron chi connectivity index (χ3n) is 7.80. The van der Waals surface area contributed by atoms with E-state index in [-0.39, 0.29) is 56.6 Å². The minimum atomic E-state index is -5.09. The van der Waals surface area contributed by atoms with E-state index in [4.69, 9.17) is 0 Å². The molecular formula is C32H34F4N2O2Ti. The molecule has 0 aromatic heterocycles. The van der Waals surface area contributed by atoms with Crippen LogP contribution in [0.4, 0.5) is 28.9 Å². The molecule has 0 radical (unpaired) electrons. The molecule has 2 aliphatic carbocycles.